The number of rotatable bonds is 5. The summed E-state index contributed by atoms with van der Waals surface area (Å²) in [6.07, 6.45) is 7.63. The maximum Gasteiger partial charge on any atom is 0.256 e. The highest BCUT2D eigenvalue weighted by Gasteiger charge is 2.46. The quantitative estimate of drug-likeness (QED) is 0.618. The molecule has 4 rings (SSSR count). The molecule has 200 valence electrons. The molecule has 0 aromatic heterocycles. The lowest BCUT2D eigenvalue weighted by atomic mass is 9.90. The van der Waals surface area contributed by atoms with E-state index in [1.165, 1.54) is 5.56 Å². The molecule has 0 N–H and O–H groups in total. The van der Waals surface area contributed by atoms with Gasteiger partial charge in [-0.05, 0) is 75.6 Å². The third kappa shape index (κ3) is 6.80. The molecule has 36 heavy (non-hydrogen) atoms. The SMILES string of the molecule is CCCCN1CCOc2ccccc2CCCCC2(CN(C(=O)CN3CCC(C)CC3)CCO2)C1=O. The van der Waals surface area contributed by atoms with Gasteiger partial charge in [0, 0.05) is 13.1 Å². The van der Waals surface area contributed by atoms with E-state index in [-0.39, 0.29) is 11.8 Å². The number of fused-ring (bicyclic) bond motifs is 1. The van der Waals surface area contributed by atoms with Crippen LogP contribution in [0.5, 0.6) is 5.75 Å². The number of carbonyl (C=O) groups excluding carboxylic acids is 2. The zero-order valence-electron chi connectivity index (χ0n) is 22.4. The van der Waals surface area contributed by atoms with Gasteiger partial charge in [0.1, 0.15) is 12.4 Å². The van der Waals surface area contributed by atoms with Crippen LogP contribution < -0.4 is 4.74 Å². The van der Waals surface area contributed by atoms with Gasteiger partial charge in [0.15, 0.2) is 5.60 Å². The molecule has 0 aliphatic carbocycles. The zero-order chi connectivity index (χ0) is 25.4. The average Bonchev–Trinajstić information content (AvgIpc) is 2.89. The van der Waals surface area contributed by atoms with E-state index < -0.39 is 5.60 Å². The molecule has 3 aliphatic heterocycles. The zero-order valence-corrected chi connectivity index (χ0v) is 22.4. The summed E-state index contributed by atoms with van der Waals surface area (Å²) in [6.45, 7) is 9.83. The van der Waals surface area contributed by atoms with E-state index in [1.54, 1.807) is 0 Å². The number of amides is 2. The molecule has 7 nitrogen and oxygen atoms in total. The molecule has 2 saturated heterocycles. The van der Waals surface area contributed by atoms with E-state index >= 15 is 0 Å². The Hall–Kier alpha value is -2.12. The molecule has 0 radical (unpaired) electrons. The minimum absolute atomic E-state index is 0.0257. The molecule has 0 bridgehead atoms. The number of hydrogen-bond acceptors (Lipinski definition) is 5. The summed E-state index contributed by atoms with van der Waals surface area (Å²) in [4.78, 5) is 33.5. The van der Waals surface area contributed by atoms with Crippen LogP contribution in [0.15, 0.2) is 24.3 Å². The molecule has 3 aliphatic rings. The number of carbonyl (C=O) groups is 2. The first-order chi connectivity index (χ1) is 17.5. The Morgan fingerprint density at radius 1 is 1.08 bits per heavy atom. The summed E-state index contributed by atoms with van der Waals surface area (Å²) in [6, 6.07) is 8.22. The molecular formula is C29H45N3O4. The van der Waals surface area contributed by atoms with Crippen LogP contribution in [0.2, 0.25) is 0 Å². The van der Waals surface area contributed by atoms with Crippen LogP contribution in [0.1, 0.15) is 64.4 Å². The fourth-order valence-corrected chi connectivity index (χ4v) is 5.69. The predicted octanol–water partition coefficient (Wildman–Crippen LogP) is 3.75. The van der Waals surface area contributed by atoms with Crippen LogP contribution in [0.25, 0.3) is 0 Å². The lowest BCUT2D eigenvalue weighted by Gasteiger charge is -2.44. The maximum atomic E-state index is 14.1. The highest BCUT2D eigenvalue weighted by molar-refractivity contribution is 5.87. The Labute approximate surface area is 217 Å². The Balaban J connectivity index is 1.49. The van der Waals surface area contributed by atoms with Crippen LogP contribution in [0.4, 0.5) is 0 Å². The molecule has 1 atom stereocenters. The van der Waals surface area contributed by atoms with Gasteiger partial charge in [-0.2, -0.15) is 0 Å². The van der Waals surface area contributed by atoms with Crippen molar-refractivity contribution in [3.05, 3.63) is 29.8 Å². The first kappa shape index (κ1) is 26.9. The van der Waals surface area contributed by atoms with E-state index in [1.807, 2.05) is 21.9 Å². The smallest absolute Gasteiger partial charge is 0.256 e. The molecular weight excluding hydrogens is 454 g/mol. The summed E-state index contributed by atoms with van der Waals surface area (Å²) in [5, 5.41) is 0. The van der Waals surface area contributed by atoms with Gasteiger partial charge in [-0.25, -0.2) is 0 Å². The molecule has 2 fully saturated rings. The van der Waals surface area contributed by atoms with Crippen LogP contribution in [-0.4, -0.2) is 91.1 Å². The first-order valence-corrected chi connectivity index (χ1v) is 14.1. The monoisotopic (exact) mass is 499 g/mol. The number of piperidine rings is 1. The van der Waals surface area contributed by atoms with Crippen molar-refractivity contribution in [3.8, 4) is 5.75 Å². The molecule has 7 heteroatoms. The third-order valence-electron chi connectivity index (χ3n) is 8.10. The van der Waals surface area contributed by atoms with Gasteiger partial charge < -0.3 is 19.3 Å². The van der Waals surface area contributed by atoms with Crippen LogP contribution in [-0.2, 0) is 20.7 Å². The van der Waals surface area contributed by atoms with Crippen molar-refractivity contribution in [2.24, 2.45) is 5.92 Å². The summed E-state index contributed by atoms with van der Waals surface area (Å²) in [5.41, 5.74) is 0.257. The highest BCUT2D eigenvalue weighted by Crippen LogP contribution is 2.30. The number of likely N-dealkylation sites (tertiary alicyclic amines) is 1. The summed E-state index contributed by atoms with van der Waals surface area (Å²) in [7, 11) is 0. The summed E-state index contributed by atoms with van der Waals surface area (Å²) < 4.78 is 12.5. The minimum Gasteiger partial charge on any atom is -0.491 e. The highest BCUT2D eigenvalue weighted by atomic mass is 16.5. The van der Waals surface area contributed by atoms with E-state index in [2.05, 4.69) is 30.9 Å². The fraction of sp³-hybridized carbons (Fsp3) is 0.724. The lowest BCUT2D eigenvalue weighted by Crippen LogP contribution is -2.63. The number of morpholine rings is 1. The fourth-order valence-electron chi connectivity index (χ4n) is 5.69. The Morgan fingerprint density at radius 3 is 2.69 bits per heavy atom. The van der Waals surface area contributed by atoms with Crippen LogP contribution in [0.3, 0.4) is 0 Å². The van der Waals surface area contributed by atoms with Crippen LogP contribution in [0, 0.1) is 5.92 Å². The number of unbranched alkanes of at least 4 members (excludes halogenated alkanes) is 1. The number of nitrogens with zero attached hydrogens (tertiary/aromatic N) is 3. The van der Waals surface area contributed by atoms with Crippen molar-refractivity contribution >= 4 is 11.8 Å². The van der Waals surface area contributed by atoms with E-state index in [9.17, 15) is 9.59 Å². The van der Waals surface area contributed by atoms with Gasteiger partial charge in [-0.1, -0.05) is 38.5 Å². The van der Waals surface area contributed by atoms with E-state index in [4.69, 9.17) is 9.47 Å². The number of benzene rings is 1. The molecule has 3 heterocycles. The Kier molecular flexibility index (Phi) is 9.66. The van der Waals surface area contributed by atoms with Gasteiger partial charge >= 0.3 is 0 Å². The van der Waals surface area contributed by atoms with Crippen molar-refractivity contribution in [1.29, 1.82) is 0 Å². The maximum absolute atomic E-state index is 14.1. The van der Waals surface area contributed by atoms with Crippen molar-refractivity contribution in [1.82, 2.24) is 14.7 Å². The molecule has 1 aromatic carbocycles. The lowest BCUT2D eigenvalue weighted by molar-refractivity contribution is -0.177. The molecule has 1 spiro atoms. The minimum atomic E-state index is -0.962. The summed E-state index contributed by atoms with van der Waals surface area (Å²) in [5.74, 6) is 1.82. The van der Waals surface area contributed by atoms with Gasteiger partial charge in [0.25, 0.3) is 5.91 Å². The van der Waals surface area contributed by atoms with E-state index in [0.29, 0.717) is 52.4 Å². The predicted molar refractivity (Wildman–Crippen MR) is 141 cm³/mol. The average molecular weight is 500 g/mol. The third-order valence-corrected chi connectivity index (χ3v) is 8.10. The molecule has 0 saturated carbocycles. The van der Waals surface area contributed by atoms with Crippen molar-refractivity contribution in [3.63, 3.8) is 0 Å². The number of para-hydroxylation sites is 1. The Morgan fingerprint density at radius 2 is 1.89 bits per heavy atom. The van der Waals surface area contributed by atoms with Crippen molar-refractivity contribution in [2.45, 2.75) is 70.8 Å². The topological polar surface area (TPSA) is 62.3 Å². The second-order valence-corrected chi connectivity index (χ2v) is 10.9. The van der Waals surface area contributed by atoms with Gasteiger partial charge in [-0.15, -0.1) is 0 Å². The van der Waals surface area contributed by atoms with Crippen molar-refractivity contribution < 1.29 is 19.1 Å². The van der Waals surface area contributed by atoms with Gasteiger partial charge in [0.2, 0.25) is 5.91 Å². The largest absolute Gasteiger partial charge is 0.491 e. The Bertz CT molecular complexity index is 870. The standard InChI is InChI=1S/C29H45N3O4/c1-3-4-15-31-18-20-35-26-11-6-5-9-25(26)10-7-8-14-29(28(31)34)23-32(19-21-36-29)27(33)22-30-16-12-24(2)13-17-30/h5-6,9,11,24H,3-4,7-8,10,12-23H2,1-2H3. The molecule has 2 amide bonds. The second-order valence-electron chi connectivity index (χ2n) is 10.9. The summed E-state index contributed by atoms with van der Waals surface area (Å²) >= 11 is 0. The van der Waals surface area contributed by atoms with Gasteiger partial charge in [-0.3, -0.25) is 14.5 Å². The number of hydrogen-bond donors (Lipinski definition) is 0. The normalized spacial score (nSPS) is 25.1. The van der Waals surface area contributed by atoms with Crippen molar-refractivity contribution in [2.75, 3.05) is 59.0 Å². The molecule has 1 aromatic rings. The molecule has 1 unspecified atom stereocenters. The number of ether oxygens (including phenoxy) is 2. The van der Waals surface area contributed by atoms with Crippen LogP contribution >= 0.6 is 0 Å². The van der Waals surface area contributed by atoms with E-state index in [0.717, 1.165) is 69.7 Å². The number of aryl methyl sites for hydroxylation is 1. The first-order valence-electron chi connectivity index (χ1n) is 14.1. The van der Waals surface area contributed by atoms with Gasteiger partial charge in [0.05, 0.1) is 26.2 Å². The second kappa shape index (κ2) is 12.9.